The molecule has 18 atom stereocenters. The predicted octanol–water partition coefficient (Wildman–Crippen LogP) is 2.24. The Hall–Kier alpha value is -1.30. The maximum Gasteiger partial charge on any atom is 0.311 e. The monoisotopic (exact) mass is 732 g/mol. The van der Waals surface area contributed by atoms with Gasteiger partial charge in [-0.3, -0.25) is 4.79 Å². The van der Waals surface area contributed by atoms with Gasteiger partial charge in [0, 0.05) is 37.1 Å². The number of esters is 1. The van der Waals surface area contributed by atoms with Crippen LogP contribution in [0, 0.1) is 29.1 Å². The number of methoxy groups -OCH3 is 1. The van der Waals surface area contributed by atoms with Crippen molar-refractivity contribution in [3.8, 4) is 0 Å². The number of rotatable bonds is 7. The van der Waals surface area contributed by atoms with Gasteiger partial charge in [-0.25, -0.2) is 0 Å². The van der Waals surface area contributed by atoms with Gasteiger partial charge in [-0.15, -0.1) is 0 Å². The number of likely N-dealkylation sites (N-methyl/N-ethyl adjacent to an activating group) is 1. The Morgan fingerprint density at radius 3 is 2.08 bits per heavy atom. The van der Waals surface area contributed by atoms with E-state index >= 15 is 0 Å². The number of hydrogen-bond acceptors (Lipinski definition) is 14. The van der Waals surface area contributed by atoms with Gasteiger partial charge < -0.3 is 64.3 Å². The van der Waals surface area contributed by atoms with Crippen LogP contribution in [0.2, 0.25) is 0 Å². The van der Waals surface area contributed by atoms with E-state index in [-0.39, 0.29) is 37.1 Å². The Bertz CT molecular complexity index is 1170. The van der Waals surface area contributed by atoms with Gasteiger partial charge in [0.05, 0.1) is 47.6 Å². The highest BCUT2D eigenvalue weighted by Crippen LogP contribution is 2.40. The molecule has 0 amide bonds. The Morgan fingerprint density at radius 1 is 0.922 bits per heavy atom. The summed E-state index contributed by atoms with van der Waals surface area (Å²) in [6.45, 7) is 16.8. The molecule has 0 saturated carbocycles. The molecule has 3 heterocycles. The predicted molar refractivity (Wildman–Crippen MR) is 189 cm³/mol. The zero-order valence-electron chi connectivity index (χ0n) is 33.0. The summed E-state index contributed by atoms with van der Waals surface area (Å²) in [5, 5.41) is 66.9. The summed E-state index contributed by atoms with van der Waals surface area (Å²) < 4.78 is 37.2. The number of nitrogens with zero attached hydrogens (tertiary/aromatic N) is 1. The molecule has 4 unspecified atom stereocenters. The summed E-state index contributed by atoms with van der Waals surface area (Å²) in [4.78, 5) is 16.0. The van der Waals surface area contributed by atoms with Crippen LogP contribution in [-0.2, 0) is 33.2 Å². The third-order valence-corrected chi connectivity index (χ3v) is 11.9. The molecule has 0 aromatic heterocycles. The van der Waals surface area contributed by atoms with E-state index in [0.717, 1.165) is 0 Å². The number of aliphatic hydroxyl groups excluding tert-OH is 3. The fourth-order valence-corrected chi connectivity index (χ4v) is 8.43. The highest BCUT2D eigenvalue weighted by Gasteiger charge is 2.53. The summed E-state index contributed by atoms with van der Waals surface area (Å²) in [6, 6.07) is -0.304. The van der Waals surface area contributed by atoms with E-state index in [1.165, 1.54) is 14.0 Å². The fraction of sp³-hybridized carbons (Fsp3) is 0.946. The summed E-state index contributed by atoms with van der Waals surface area (Å²) in [7, 11) is 5.21. The molecule has 0 aromatic rings. The summed E-state index contributed by atoms with van der Waals surface area (Å²) >= 11 is 0. The third-order valence-electron chi connectivity index (χ3n) is 11.9. The van der Waals surface area contributed by atoms with Crippen molar-refractivity contribution in [3.05, 3.63) is 0 Å². The molecule has 51 heavy (non-hydrogen) atoms. The zero-order valence-corrected chi connectivity index (χ0v) is 33.0. The van der Waals surface area contributed by atoms with E-state index in [2.05, 4.69) is 0 Å². The average molecular weight is 733 g/mol. The van der Waals surface area contributed by atoms with Crippen molar-refractivity contribution in [1.82, 2.24) is 4.90 Å². The number of carbonyl (C=O) groups excluding carboxylic acids is 1. The van der Waals surface area contributed by atoms with E-state index in [9.17, 15) is 30.3 Å². The number of cyclic esters (lactones) is 1. The molecule has 0 bridgehead atoms. The lowest BCUT2D eigenvalue weighted by molar-refractivity contribution is -0.317. The highest BCUT2D eigenvalue weighted by molar-refractivity contribution is 5.86. The Kier molecular flexibility index (Phi) is 14.7. The van der Waals surface area contributed by atoms with E-state index in [4.69, 9.17) is 33.8 Å². The molecule has 6 N–H and O–H groups in total. The first-order valence-corrected chi connectivity index (χ1v) is 18.5. The highest BCUT2D eigenvalue weighted by atomic mass is 16.7. The molecule has 3 saturated heterocycles. The van der Waals surface area contributed by atoms with Crippen molar-refractivity contribution in [2.24, 2.45) is 23.7 Å². The van der Waals surface area contributed by atoms with Crippen LogP contribution in [-0.4, -0.2) is 148 Å². The maximum atomic E-state index is 14.1. The molecule has 14 nitrogen and oxygen atoms in total. The molecular weight excluding hydrogens is 664 g/mol. The van der Waals surface area contributed by atoms with Crippen LogP contribution in [0.25, 0.3) is 0 Å². The fourth-order valence-electron chi connectivity index (χ4n) is 8.43. The van der Waals surface area contributed by atoms with Crippen molar-refractivity contribution < 1.29 is 58.7 Å². The van der Waals surface area contributed by atoms with Gasteiger partial charge in [0.1, 0.15) is 23.9 Å². The Balaban J connectivity index is 2.18. The average Bonchev–Trinajstić information content (AvgIpc) is 3.05. The summed E-state index contributed by atoms with van der Waals surface area (Å²) in [5.74, 6) is -4.02. The van der Waals surface area contributed by atoms with Crippen molar-refractivity contribution in [1.29, 1.82) is 5.41 Å². The van der Waals surface area contributed by atoms with Crippen LogP contribution in [0.5, 0.6) is 0 Å². The van der Waals surface area contributed by atoms with Gasteiger partial charge in [-0.1, -0.05) is 27.7 Å². The van der Waals surface area contributed by atoms with E-state index < -0.39 is 102 Å². The second kappa shape index (κ2) is 17.0. The first-order valence-electron chi connectivity index (χ1n) is 18.5. The van der Waals surface area contributed by atoms with Gasteiger partial charge in [-0.2, -0.15) is 0 Å². The van der Waals surface area contributed by atoms with Gasteiger partial charge in [0.25, 0.3) is 0 Å². The van der Waals surface area contributed by atoms with Crippen molar-refractivity contribution in [2.75, 3.05) is 21.2 Å². The topological polar surface area (TPSA) is 201 Å². The standard InChI is InChI=1S/C37H68N2O12/c1-14-25-37(10,45)30(41)20(4)27(38)18(2)16-35(8,44)32(51-34-28(40)24(39(11)12)15-19(3)47-34)21(5)29(22(6)33(43)49-25)50-26-17-36(9,46-13)31(42)23(7)48-26/h18-26,28-32,34,38,40-42,44-45H,14-17H2,1-13H3/t18-,19+,20?,21-,22+,23+,24-,25+,26?,28-,29+,30-,31+,32-,34?,35?,36-,37-/m0/s1. The molecule has 14 heteroatoms. The quantitative estimate of drug-likeness (QED) is 0.209. The normalized spacial score (nSPS) is 49.7. The largest absolute Gasteiger partial charge is 0.459 e. The number of ether oxygens (including phenoxy) is 6. The van der Waals surface area contributed by atoms with E-state index in [1.54, 1.807) is 55.4 Å². The minimum Gasteiger partial charge on any atom is -0.459 e. The molecule has 3 aliphatic heterocycles. The Labute approximate surface area is 304 Å². The zero-order chi connectivity index (χ0) is 39.0. The molecule has 0 radical (unpaired) electrons. The lowest BCUT2D eigenvalue weighted by Gasteiger charge is -2.49. The smallest absolute Gasteiger partial charge is 0.311 e. The molecule has 0 aromatic carbocycles. The summed E-state index contributed by atoms with van der Waals surface area (Å²) in [5.41, 5.74) is -4.58. The molecule has 0 aliphatic carbocycles. The minimum atomic E-state index is -1.91. The molecule has 298 valence electrons. The van der Waals surface area contributed by atoms with Crippen molar-refractivity contribution >= 4 is 11.7 Å². The van der Waals surface area contributed by atoms with Gasteiger partial charge in [-0.05, 0) is 80.8 Å². The lowest BCUT2D eigenvalue weighted by atomic mass is 9.73. The second-order valence-electron chi connectivity index (χ2n) is 16.5. The first-order chi connectivity index (χ1) is 23.4. The summed E-state index contributed by atoms with van der Waals surface area (Å²) in [6.07, 6.45) is -9.12. The van der Waals surface area contributed by atoms with Crippen molar-refractivity contribution in [3.63, 3.8) is 0 Å². The number of carbonyl (C=O) groups is 1. The number of hydrogen-bond donors (Lipinski definition) is 6. The van der Waals surface area contributed by atoms with Crippen LogP contribution in [0.1, 0.15) is 94.9 Å². The van der Waals surface area contributed by atoms with Gasteiger partial charge in [0.15, 0.2) is 12.6 Å². The van der Waals surface area contributed by atoms with Crippen LogP contribution < -0.4 is 0 Å². The minimum absolute atomic E-state index is 0.0107. The van der Waals surface area contributed by atoms with Crippen LogP contribution in [0.3, 0.4) is 0 Å². The van der Waals surface area contributed by atoms with Crippen LogP contribution >= 0.6 is 0 Å². The lowest BCUT2D eigenvalue weighted by Crippen LogP contribution is -2.61. The molecule has 3 fully saturated rings. The van der Waals surface area contributed by atoms with E-state index in [0.29, 0.717) is 6.42 Å². The van der Waals surface area contributed by atoms with Gasteiger partial charge in [0.2, 0.25) is 0 Å². The number of aliphatic hydroxyl groups is 5. The van der Waals surface area contributed by atoms with Gasteiger partial charge >= 0.3 is 5.97 Å². The van der Waals surface area contributed by atoms with Crippen molar-refractivity contribution in [2.45, 2.75) is 179 Å². The van der Waals surface area contributed by atoms with Crippen LogP contribution in [0.15, 0.2) is 0 Å². The Morgan fingerprint density at radius 2 is 1.53 bits per heavy atom. The molecular formula is C37H68N2O12. The molecule has 3 rings (SSSR count). The maximum absolute atomic E-state index is 14.1. The second-order valence-corrected chi connectivity index (χ2v) is 16.5. The van der Waals surface area contributed by atoms with Crippen LogP contribution in [0.4, 0.5) is 0 Å². The SMILES string of the molecule is CC[C@H]1OC(=O)[C@H](C)[C@H](OC2C[C@](C)(OC)[C@H](O)[C@@H](C)O2)[C@H](C)[C@H](OC2O[C@H](C)C[C@H](N(C)C)[C@@H]2O)C(C)(O)C[C@H](C)C(=N)C(C)[C@H](O)[C@@]1(C)O. The number of nitrogens with one attached hydrogen (secondary N) is 1. The molecule has 3 aliphatic rings. The first kappa shape index (κ1) is 44.1. The van der Waals surface area contributed by atoms with E-state index in [1.807, 2.05) is 25.9 Å². The molecule has 0 spiro atoms. The third kappa shape index (κ3) is 9.51.